The molecule has 0 aromatic carbocycles. The van der Waals surface area contributed by atoms with Gasteiger partial charge in [0.05, 0.1) is 42.6 Å². The zero-order valence-corrected chi connectivity index (χ0v) is 14.5. The lowest BCUT2D eigenvalue weighted by Crippen LogP contribution is -2.34. The number of furan rings is 1. The van der Waals surface area contributed by atoms with E-state index < -0.39 is 0 Å². The van der Waals surface area contributed by atoms with Crippen molar-refractivity contribution in [1.82, 2.24) is 19.8 Å². The number of nitriles is 2. The standard InChI is InChI=1S/C15H17N7O2S/c1-11-12(4-9-24-11)14-19-20-15(22(14)18)25-10-13(23)21(7-2-5-16)8-3-6-17/h4,9H,2-3,7-8,10,18H2,1H3. The SMILES string of the molecule is Cc1occc1-c1nnc(SCC(=O)N(CCC#N)CCC#N)n1N. The lowest BCUT2D eigenvalue weighted by atomic mass is 10.2. The summed E-state index contributed by atoms with van der Waals surface area (Å²) < 4.78 is 6.54. The maximum absolute atomic E-state index is 12.3. The van der Waals surface area contributed by atoms with Crippen molar-refractivity contribution in [2.45, 2.75) is 24.9 Å². The molecular formula is C15H17N7O2S. The molecule has 0 aliphatic rings. The molecule has 2 aromatic heterocycles. The third kappa shape index (κ3) is 4.52. The molecule has 0 unspecified atom stereocenters. The summed E-state index contributed by atoms with van der Waals surface area (Å²) in [7, 11) is 0. The number of carbonyl (C=O) groups is 1. The molecule has 25 heavy (non-hydrogen) atoms. The Labute approximate surface area is 149 Å². The van der Waals surface area contributed by atoms with Gasteiger partial charge >= 0.3 is 0 Å². The molecule has 1 amide bonds. The minimum atomic E-state index is -0.181. The van der Waals surface area contributed by atoms with Crippen LogP contribution in [0.1, 0.15) is 18.6 Å². The van der Waals surface area contributed by atoms with E-state index in [0.717, 1.165) is 17.3 Å². The molecule has 9 nitrogen and oxygen atoms in total. The molecule has 0 saturated heterocycles. The summed E-state index contributed by atoms with van der Waals surface area (Å²) in [6.07, 6.45) is 1.98. The van der Waals surface area contributed by atoms with E-state index in [0.29, 0.717) is 29.8 Å². The highest BCUT2D eigenvalue weighted by Crippen LogP contribution is 2.25. The highest BCUT2D eigenvalue weighted by atomic mass is 32.2. The molecule has 0 radical (unpaired) electrons. The summed E-state index contributed by atoms with van der Waals surface area (Å²) in [5.41, 5.74) is 0.734. The van der Waals surface area contributed by atoms with E-state index in [1.54, 1.807) is 13.0 Å². The number of thioether (sulfide) groups is 1. The topological polar surface area (TPSA) is 138 Å². The summed E-state index contributed by atoms with van der Waals surface area (Å²) in [5, 5.41) is 25.8. The Hall–Kier alpha value is -2.98. The number of amides is 1. The Balaban J connectivity index is 2.02. The highest BCUT2D eigenvalue weighted by Gasteiger charge is 2.18. The Morgan fingerprint density at radius 1 is 1.36 bits per heavy atom. The van der Waals surface area contributed by atoms with E-state index in [9.17, 15) is 4.79 Å². The van der Waals surface area contributed by atoms with Gasteiger partial charge in [-0.25, -0.2) is 4.68 Å². The molecule has 0 saturated carbocycles. The minimum absolute atomic E-state index is 0.0938. The molecule has 2 N–H and O–H groups in total. The fraction of sp³-hybridized carbons (Fsp3) is 0.400. The zero-order valence-electron chi connectivity index (χ0n) is 13.7. The van der Waals surface area contributed by atoms with E-state index in [1.165, 1.54) is 15.8 Å². The minimum Gasteiger partial charge on any atom is -0.469 e. The van der Waals surface area contributed by atoms with Crippen LogP contribution in [0.25, 0.3) is 11.4 Å². The monoisotopic (exact) mass is 359 g/mol. The van der Waals surface area contributed by atoms with Gasteiger partial charge in [0.2, 0.25) is 11.1 Å². The van der Waals surface area contributed by atoms with E-state index in [4.69, 9.17) is 20.8 Å². The first-order valence-electron chi connectivity index (χ1n) is 7.48. The Morgan fingerprint density at radius 2 is 2.04 bits per heavy atom. The van der Waals surface area contributed by atoms with Crippen molar-refractivity contribution in [2.24, 2.45) is 0 Å². The van der Waals surface area contributed by atoms with Crippen LogP contribution in [0, 0.1) is 29.6 Å². The number of aryl methyl sites for hydroxylation is 1. The second kappa shape index (κ2) is 8.76. The van der Waals surface area contributed by atoms with Crippen LogP contribution in [-0.4, -0.2) is 44.5 Å². The lowest BCUT2D eigenvalue weighted by Gasteiger charge is -2.19. The van der Waals surface area contributed by atoms with Crippen molar-refractivity contribution in [2.75, 3.05) is 24.7 Å². The van der Waals surface area contributed by atoms with E-state index in [1.807, 2.05) is 12.1 Å². The van der Waals surface area contributed by atoms with Gasteiger partial charge in [0.25, 0.3) is 0 Å². The molecule has 130 valence electrons. The van der Waals surface area contributed by atoms with Crippen LogP contribution in [0.5, 0.6) is 0 Å². The Kier molecular flexibility index (Phi) is 6.43. The van der Waals surface area contributed by atoms with Crippen molar-refractivity contribution in [3.05, 3.63) is 18.1 Å². The van der Waals surface area contributed by atoms with Crippen molar-refractivity contribution in [3.63, 3.8) is 0 Å². The first-order chi connectivity index (χ1) is 12.1. The van der Waals surface area contributed by atoms with Crippen LogP contribution >= 0.6 is 11.8 Å². The molecule has 0 aliphatic heterocycles. The lowest BCUT2D eigenvalue weighted by molar-refractivity contribution is -0.128. The third-order valence-electron chi connectivity index (χ3n) is 3.43. The molecule has 0 atom stereocenters. The highest BCUT2D eigenvalue weighted by molar-refractivity contribution is 7.99. The van der Waals surface area contributed by atoms with E-state index in [-0.39, 0.29) is 24.5 Å². The Morgan fingerprint density at radius 3 is 2.60 bits per heavy atom. The predicted octanol–water partition coefficient (Wildman–Crippen LogP) is 1.31. The van der Waals surface area contributed by atoms with Gasteiger partial charge in [-0.2, -0.15) is 10.5 Å². The summed E-state index contributed by atoms with van der Waals surface area (Å²) in [6, 6.07) is 5.74. The van der Waals surface area contributed by atoms with Crippen LogP contribution in [0.15, 0.2) is 21.9 Å². The van der Waals surface area contributed by atoms with Gasteiger partial charge in [-0.3, -0.25) is 4.79 Å². The maximum Gasteiger partial charge on any atom is 0.233 e. The average Bonchev–Trinajstić information content (AvgIpc) is 3.18. The van der Waals surface area contributed by atoms with Gasteiger partial charge in [0.15, 0.2) is 5.82 Å². The van der Waals surface area contributed by atoms with E-state index in [2.05, 4.69) is 10.2 Å². The van der Waals surface area contributed by atoms with Gasteiger partial charge in [-0.1, -0.05) is 11.8 Å². The van der Waals surface area contributed by atoms with Crippen LogP contribution in [0.4, 0.5) is 0 Å². The number of nitrogens with zero attached hydrogens (tertiary/aromatic N) is 6. The normalized spacial score (nSPS) is 10.2. The number of hydrogen-bond donors (Lipinski definition) is 1. The first kappa shape index (κ1) is 18.4. The number of carbonyl (C=O) groups excluding carboxylic acids is 1. The first-order valence-corrected chi connectivity index (χ1v) is 8.46. The third-order valence-corrected chi connectivity index (χ3v) is 4.36. The molecular weight excluding hydrogens is 342 g/mol. The molecule has 2 heterocycles. The molecule has 10 heteroatoms. The van der Waals surface area contributed by atoms with Gasteiger partial charge in [0.1, 0.15) is 5.76 Å². The smallest absolute Gasteiger partial charge is 0.233 e. The van der Waals surface area contributed by atoms with Gasteiger partial charge in [-0.05, 0) is 13.0 Å². The van der Waals surface area contributed by atoms with Gasteiger partial charge in [-0.15, -0.1) is 10.2 Å². The number of hydrogen-bond acceptors (Lipinski definition) is 8. The molecule has 0 bridgehead atoms. The maximum atomic E-state index is 12.3. The number of nitrogen functional groups attached to an aromatic ring is 1. The fourth-order valence-electron chi connectivity index (χ4n) is 2.12. The van der Waals surface area contributed by atoms with Crippen molar-refractivity contribution >= 4 is 17.7 Å². The average molecular weight is 359 g/mol. The molecule has 0 aliphatic carbocycles. The van der Waals surface area contributed by atoms with Crippen LogP contribution < -0.4 is 5.84 Å². The van der Waals surface area contributed by atoms with Crippen molar-refractivity contribution < 1.29 is 9.21 Å². The second-order valence-electron chi connectivity index (χ2n) is 5.05. The zero-order chi connectivity index (χ0) is 18.2. The van der Waals surface area contributed by atoms with Crippen molar-refractivity contribution in [3.8, 4) is 23.5 Å². The summed E-state index contributed by atoms with van der Waals surface area (Å²) in [5.74, 6) is 7.04. The summed E-state index contributed by atoms with van der Waals surface area (Å²) in [4.78, 5) is 13.8. The van der Waals surface area contributed by atoms with Crippen LogP contribution in [0.3, 0.4) is 0 Å². The summed E-state index contributed by atoms with van der Waals surface area (Å²) in [6.45, 7) is 2.39. The van der Waals surface area contributed by atoms with E-state index >= 15 is 0 Å². The summed E-state index contributed by atoms with van der Waals surface area (Å²) >= 11 is 1.15. The quantitative estimate of drug-likeness (QED) is 0.550. The Bertz CT molecular complexity index is 797. The fourth-order valence-corrected chi connectivity index (χ4v) is 2.88. The van der Waals surface area contributed by atoms with Gasteiger partial charge in [0, 0.05) is 13.1 Å². The number of rotatable bonds is 8. The molecule has 2 aromatic rings. The molecule has 0 spiro atoms. The largest absolute Gasteiger partial charge is 0.469 e. The second-order valence-corrected chi connectivity index (χ2v) is 5.99. The van der Waals surface area contributed by atoms with Crippen molar-refractivity contribution in [1.29, 1.82) is 10.5 Å². The number of nitrogens with two attached hydrogens (primary N) is 1. The number of aromatic nitrogens is 3. The van der Waals surface area contributed by atoms with Gasteiger partial charge < -0.3 is 15.2 Å². The van der Waals surface area contributed by atoms with Crippen LogP contribution in [0.2, 0.25) is 0 Å². The molecule has 0 fully saturated rings. The predicted molar refractivity (Wildman–Crippen MR) is 90.4 cm³/mol. The van der Waals surface area contributed by atoms with Crippen LogP contribution in [-0.2, 0) is 4.79 Å². The molecule has 2 rings (SSSR count).